The lowest BCUT2D eigenvalue weighted by molar-refractivity contribution is -0.126. The standard InChI is InChI=1S/C12H26N6O6/c13-16-10(19)1-4-22-7-9(24-6-3-12(21)18-15)8-23-5-2-11(20)17-14/h9H,1-8,13-15H2,(H,16,19)(H,17,20)(H,18,21). The lowest BCUT2D eigenvalue weighted by atomic mass is 10.3. The van der Waals surface area contributed by atoms with Gasteiger partial charge < -0.3 is 14.2 Å². The van der Waals surface area contributed by atoms with Gasteiger partial charge in [0.25, 0.3) is 0 Å². The molecule has 9 N–H and O–H groups in total. The Morgan fingerprint density at radius 3 is 1.46 bits per heavy atom. The zero-order valence-corrected chi connectivity index (χ0v) is 13.4. The largest absolute Gasteiger partial charge is 0.378 e. The van der Waals surface area contributed by atoms with Crippen LogP contribution in [0.1, 0.15) is 19.3 Å². The number of hydrazine groups is 3. The van der Waals surface area contributed by atoms with Crippen molar-refractivity contribution in [3.8, 4) is 0 Å². The van der Waals surface area contributed by atoms with Gasteiger partial charge in [0.15, 0.2) is 0 Å². The fourth-order valence-corrected chi connectivity index (χ4v) is 1.44. The van der Waals surface area contributed by atoms with Crippen molar-refractivity contribution in [1.29, 1.82) is 0 Å². The van der Waals surface area contributed by atoms with E-state index in [1.807, 2.05) is 16.3 Å². The molecule has 0 saturated heterocycles. The first-order valence-electron chi connectivity index (χ1n) is 7.28. The molecular formula is C12H26N6O6. The van der Waals surface area contributed by atoms with E-state index < -0.39 is 6.10 Å². The SMILES string of the molecule is NNC(=O)CCOCC(COCCC(=O)NN)OCCC(=O)NN. The van der Waals surface area contributed by atoms with Crippen LogP contribution in [0.15, 0.2) is 0 Å². The third-order valence-corrected chi connectivity index (χ3v) is 2.72. The molecule has 0 aliphatic carbocycles. The quantitative estimate of drug-likeness (QED) is 0.0799. The number of nitrogens with one attached hydrogen (secondary N) is 3. The van der Waals surface area contributed by atoms with Gasteiger partial charge in [-0.1, -0.05) is 0 Å². The van der Waals surface area contributed by atoms with Gasteiger partial charge in [0.05, 0.1) is 52.3 Å². The van der Waals surface area contributed by atoms with Crippen molar-refractivity contribution in [2.24, 2.45) is 17.5 Å². The molecular weight excluding hydrogens is 324 g/mol. The predicted octanol–water partition coefficient (Wildman–Crippen LogP) is -3.46. The summed E-state index contributed by atoms with van der Waals surface area (Å²) in [5.74, 6) is 13.8. The first-order valence-corrected chi connectivity index (χ1v) is 7.28. The highest BCUT2D eigenvalue weighted by atomic mass is 16.6. The molecule has 0 aromatic carbocycles. The zero-order chi connectivity index (χ0) is 18.2. The number of ether oxygens (including phenoxy) is 3. The lowest BCUT2D eigenvalue weighted by Crippen LogP contribution is -2.34. The number of carbonyl (C=O) groups is 3. The van der Waals surface area contributed by atoms with Crippen LogP contribution in [-0.4, -0.2) is 56.9 Å². The number of rotatable bonds is 14. The fraction of sp³-hybridized carbons (Fsp3) is 0.750. The molecule has 140 valence electrons. The van der Waals surface area contributed by atoms with Gasteiger partial charge in [0.1, 0.15) is 6.10 Å². The molecule has 0 heterocycles. The first kappa shape index (κ1) is 22.2. The van der Waals surface area contributed by atoms with Crippen molar-refractivity contribution < 1.29 is 28.6 Å². The predicted molar refractivity (Wildman–Crippen MR) is 82.2 cm³/mol. The molecule has 0 bridgehead atoms. The number of hydrogen-bond donors (Lipinski definition) is 6. The maximum Gasteiger partial charge on any atom is 0.236 e. The summed E-state index contributed by atoms with van der Waals surface area (Å²) in [5.41, 5.74) is 5.96. The second-order valence-electron chi connectivity index (χ2n) is 4.60. The molecule has 0 aliphatic rings. The molecule has 0 unspecified atom stereocenters. The van der Waals surface area contributed by atoms with Gasteiger partial charge in [-0.05, 0) is 0 Å². The maximum absolute atomic E-state index is 11.0. The van der Waals surface area contributed by atoms with E-state index in [2.05, 4.69) is 0 Å². The van der Waals surface area contributed by atoms with E-state index in [0.29, 0.717) is 0 Å². The third-order valence-electron chi connectivity index (χ3n) is 2.72. The smallest absolute Gasteiger partial charge is 0.236 e. The van der Waals surface area contributed by atoms with Crippen molar-refractivity contribution >= 4 is 17.7 Å². The summed E-state index contributed by atoms with van der Waals surface area (Å²) in [7, 11) is 0. The van der Waals surface area contributed by atoms with Gasteiger partial charge >= 0.3 is 0 Å². The van der Waals surface area contributed by atoms with Crippen LogP contribution in [0.3, 0.4) is 0 Å². The Morgan fingerprint density at radius 1 is 0.708 bits per heavy atom. The summed E-state index contributed by atoms with van der Waals surface area (Å²) >= 11 is 0. The van der Waals surface area contributed by atoms with Crippen LogP contribution < -0.4 is 33.8 Å². The van der Waals surface area contributed by atoms with Crippen LogP contribution in [-0.2, 0) is 28.6 Å². The van der Waals surface area contributed by atoms with E-state index in [1.165, 1.54) is 0 Å². The molecule has 0 radical (unpaired) electrons. The Bertz CT molecular complexity index is 359. The molecule has 12 heteroatoms. The van der Waals surface area contributed by atoms with Crippen LogP contribution in [0.4, 0.5) is 0 Å². The van der Waals surface area contributed by atoms with E-state index in [0.717, 1.165) is 0 Å². The maximum atomic E-state index is 11.0. The van der Waals surface area contributed by atoms with Crippen molar-refractivity contribution in [1.82, 2.24) is 16.3 Å². The summed E-state index contributed by atoms with van der Waals surface area (Å²) in [5, 5.41) is 0. The van der Waals surface area contributed by atoms with E-state index in [4.69, 9.17) is 31.7 Å². The van der Waals surface area contributed by atoms with Crippen LogP contribution in [0.25, 0.3) is 0 Å². The molecule has 0 saturated carbocycles. The van der Waals surface area contributed by atoms with Crippen molar-refractivity contribution in [2.75, 3.05) is 33.0 Å². The highest BCUT2D eigenvalue weighted by Crippen LogP contribution is 1.99. The zero-order valence-electron chi connectivity index (χ0n) is 13.4. The van der Waals surface area contributed by atoms with Crippen molar-refractivity contribution in [3.05, 3.63) is 0 Å². The molecule has 0 atom stereocenters. The van der Waals surface area contributed by atoms with Gasteiger partial charge in [-0.25, -0.2) is 17.5 Å². The van der Waals surface area contributed by atoms with E-state index in [-0.39, 0.29) is 70.0 Å². The van der Waals surface area contributed by atoms with E-state index >= 15 is 0 Å². The third kappa shape index (κ3) is 12.7. The van der Waals surface area contributed by atoms with Crippen LogP contribution in [0.2, 0.25) is 0 Å². The number of amides is 3. The summed E-state index contributed by atoms with van der Waals surface area (Å²) in [4.78, 5) is 33.0. The molecule has 0 aliphatic heterocycles. The second-order valence-corrected chi connectivity index (χ2v) is 4.60. The highest BCUT2D eigenvalue weighted by Gasteiger charge is 2.12. The van der Waals surface area contributed by atoms with E-state index in [9.17, 15) is 14.4 Å². The Morgan fingerprint density at radius 2 is 1.08 bits per heavy atom. The molecule has 3 amide bonds. The topological polar surface area (TPSA) is 193 Å². The average molecular weight is 350 g/mol. The molecule has 12 nitrogen and oxygen atoms in total. The van der Waals surface area contributed by atoms with Crippen molar-refractivity contribution in [3.63, 3.8) is 0 Å². The number of nitrogens with two attached hydrogens (primary N) is 3. The Hall–Kier alpha value is -1.83. The minimum absolute atomic E-state index is 0.0815. The van der Waals surface area contributed by atoms with Gasteiger partial charge in [-0.2, -0.15) is 0 Å². The average Bonchev–Trinajstić information content (AvgIpc) is 2.60. The molecule has 0 aromatic rings. The number of carbonyl (C=O) groups excluding carboxylic acids is 3. The molecule has 0 rings (SSSR count). The van der Waals surface area contributed by atoms with Crippen molar-refractivity contribution in [2.45, 2.75) is 25.4 Å². The first-order chi connectivity index (χ1) is 11.5. The number of hydrogen-bond acceptors (Lipinski definition) is 9. The van der Waals surface area contributed by atoms with Crippen LogP contribution in [0.5, 0.6) is 0 Å². The molecule has 0 aromatic heterocycles. The minimum Gasteiger partial charge on any atom is -0.378 e. The molecule has 0 fully saturated rings. The summed E-state index contributed by atoms with van der Waals surface area (Å²) < 4.78 is 16.1. The van der Waals surface area contributed by atoms with Gasteiger partial charge in [-0.3, -0.25) is 30.7 Å². The summed E-state index contributed by atoms with van der Waals surface area (Å²) in [6.45, 7) is 0.715. The van der Waals surface area contributed by atoms with Crippen LogP contribution >= 0.6 is 0 Å². The summed E-state index contributed by atoms with van der Waals surface area (Å²) in [6, 6.07) is 0. The Kier molecular flexibility index (Phi) is 13.6. The Labute approximate surface area is 139 Å². The van der Waals surface area contributed by atoms with E-state index in [1.54, 1.807) is 0 Å². The van der Waals surface area contributed by atoms with Crippen LogP contribution in [0, 0.1) is 0 Å². The minimum atomic E-state index is -0.475. The van der Waals surface area contributed by atoms with Gasteiger partial charge in [0.2, 0.25) is 17.7 Å². The second kappa shape index (κ2) is 14.7. The monoisotopic (exact) mass is 350 g/mol. The highest BCUT2D eigenvalue weighted by molar-refractivity contribution is 5.75. The normalized spacial score (nSPS) is 10.5. The van der Waals surface area contributed by atoms with Gasteiger partial charge in [-0.15, -0.1) is 0 Å². The molecule has 0 spiro atoms. The fourth-order valence-electron chi connectivity index (χ4n) is 1.44. The molecule has 24 heavy (non-hydrogen) atoms. The Balaban J connectivity index is 4.05. The lowest BCUT2D eigenvalue weighted by Gasteiger charge is -2.18. The summed E-state index contributed by atoms with van der Waals surface area (Å²) in [6.07, 6.45) is -0.178. The van der Waals surface area contributed by atoms with Gasteiger partial charge in [0, 0.05) is 0 Å².